The van der Waals surface area contributed by atoms with Crippen LogP contribution in [-0.2, 0) is 12.8 Å². The lowest BCUT2D eigenvalue weighted by molar-refractivity contribution is 0.197. The summed E-state index contributed by atoms with van der Waals surface area (Å²) in [6.45, 7) is 5.39. The van der Waals surface area contributed by atoms with Crippen LogP contribution < -0.4 is 10.6 Å². The van der Waals surface area contributed by atoms with Crippen molar-refractivity contribution in [3.05, 3.63) is 17.6 Å². The number of fused-ring (bicyclic) bond motifs is 1. The van der Waals surface area contributed by atoms with Crippen LogP contribution >= 0.6 is 0 Å². The number of urea groups is 1. The molecular weight excluding hydrogens is 266 g/mol. The lowest BCUT2D eigenvalue weighted by atomic mass is 10.1. The minimum Gasteiger partial charge on any atom is -0.367 e. The van der Waals surface area contributed by atoms with Gasteiger partial charge in [0.25, 0.3) is 0 Å². The average molecular weight is 289 g/mol. The van der Waals surface area contributed by atoms with Crippen LogP contribution in [0.5, 0.6) is 0 Å². The Morgan fingerprint density at radius 1 is 1.29 bits per heavy atom. The fraction of sp³-hybridized carbons (Fsp3) is 0.667. The molecule has 1 aromatic rings. The van der Waals surface area contributed by atoms with Gasteiger partial charge in [0.2, 0.25) is 0 Å². The minimum absolute atomic E-state index is 0.0162. The Morgan fingerprint density at radius 2 is 2.05 bits per heavy atom. The molecule has 1 fully saturated rings. The molecule has 6 heteroatoms. The van der Waals surface area contributed by atoms with Gasteiger partial charge in [-0.3, -0.25) is 0 Å². The second kappa shape index (κ2) is 5.87. The van der Waals surface area contributed by atoms with Crippen molar-refractivity contribution < 1.29 is 4.79 Å². The first-order chi connectivity index (χ1) is 10.1. The number of rotatable bonds is 3. The molecule has 0 radical (unpaired) electrons. The normalized spacial score (nSPS) is 18.1. The topological polar surface area (TPSA) is 70.2 Å². The van der Waals surface area contributed by atoms with Gasteiger partial charge in [0, 0.05) is 37.2 Å². The molecule has 2 amide bonds. The van der Waals surface area contributed by atoms with E-state index in [1.165, 1.54) is 18.4 Å². The summed E-state index contributed by atoms with van der Waals surface area (Å²) in [5.41, 5.74) is 2.26. The van der Waals surface area contributed by atoms with E-state index in [0.717, 1.165) is 30.9 Å². The molecule has 1 saturated carbocycles. The van der Waals surface area contributed by atoms with Crippen LogP contribution in [0.3, 0.4) is 0 Å². The van der Waals surface area contributed by atoms with Gasteiger partial charge in [-0.25, -0.2) is 14.8 Å². The quantitative estimate of drug-likeness (QED) is 0.886. The second-order valence-corrected chi connectivity index (χ2v) is 6.16. The lowest BCUT2D eigenvalue weighted by Gasteiger charge is -2.22. The molecule has 2 N–H and O–H groups in total. The Bertz CT molecular complexity index is 527. The zero-order valence-corrected chi connectivity index (χ0v) is 12.7. The first-order valence-electron chi connectivity index (χ1n) is 7.78. The number of carbonyl (C=O) groups excluding carboxylic acids is 1. The molecule has 0 saturated heterocycles. The van der Waals surface area contributed by atoms with Gasteiger partial charge < -0.3 is 15.5 Å². The lowest BCUT2D eigenvalue weighted by Crippen LogP contribution is -2.44. The standard InChI is InChI=1S/C15H23N5O/c1-10(2)18-15(21)20-7-5-12-13(6-8-20)16-9-17-14(12)19-11-3-4-11/h9-11H,3-8H2,1-2H3,(H,18,21)(H,16,17,19). The zero-order chi connectivity index (χ0) is 14.8. The Labute approximate surface area is 125 Å². The van der Waals surface area contributed by atoms with Crippen molar-refractivity contribution in [2.45, 2.75) is 51.6 Å². The number of nitrogens with one attached hydrogen (secondary N) is 2. The van der Waals surface area contributed by atoms with E-state index in [4.69, 9.17) is 0 Å². The molecule has 2 aliphatic rings. The van der Waals surface area contributed by atoms with Crippen molar-refractivity contribution in [1.82, 2.24) is 20.2 Å². The van der Waals surface area contributed by atoms with E-state index in [9.17, 15) is 4.79 Å². The third-order valence-corrected chi connectivity index (χ3v) is 3.90. The third-order valence-electron chi connectivity index (χ3n) is 3.90. The molecule has 0 aromatic carbocycles. The second-order valence-electron chi connectivity index (χ2n) is 6.16. The number of hydrogen-bond acceptors (Lipinski definition) is 4. The van der Waals surface area contributed by atoms with Crippen molar-refractivity contribution in [3.63, 3.8) is 0 Å². The highest BCUT2D eigenvalue weighted by Gasteiger charge is 2.26. The summed E-state index contributed by atoms with van der Waals surface area (Å²) >= 11 is 0. The number of nitrogens with zero attached hydrogens (tertiary/aromatic N) is 3. The van der Waals surface area contributed by atoms with Gasteiger partial charge in [0.15, 0.2) is 0 Å². The molecule has 6 nitrogen and oxygen atoms in total. The van der Waals surface area contributed by atoms with Crippen molar-refractivity contribution in [2.24, 2.45) is 0 Å². The molecule has 1 aliphatic heterocycles. The Hall–Kier alpha value is -1.85. The zero-order valence-electron chi connectivity index (χ0n) is 12.7. The number of anilines is 1. The largest absolute Gasteiger partial charge is 0.367 e. The van der Waals surface area contributed by atoms with Crippen molar-refractivity contribution >= 4 is 11.8 Å². The molecule has 0 bridgehead atoms. The predicted molar refractivity (Wildman–Crippen MR) is 81.3 cm³/mol. The van der Waals surface area contributed by atoms with E-state index < -0.39 is 0 Å². The maximum Gasteiger partial charge on any atom is 0.317 e. The van der Waals surface area contributed by atoms with Crippen LogP contribution in [0.1, 0.15) is 37.9 Å². The van der Waals surface area contributed by atoms with E-state index in [0.29, 0.717) is 12.6 Å². The summed E-state index contributed by atoms with van der Waals surface area (Å²) in [7, 11) is 0. The summed E-state index contributed by atoms with van der Waals surface area (Å²) < 4.78 is 0. The van der Waals surface area contributed by atoms with Gasteiger partial charge in [-0.15, -0.1) is 0 Å². The molecular formula is C15H23N5O. The molecule has 2 heterocycles. The van der Waals surface area contributed by atoms with Crippen LogP contribution in [0, 0.1) is 0 Å². The van der Waals surface area contributed by atoms with Crippen molar-refractivity contribution in [2.75, 3.05) is 18.4 Å². The molecule has 1 aromatic heterocycles. The first kappa shape index (κ1) is 14.1. The third kappa shape index (κ3) is 3.43. The monoisotopic (exact) mass is 289 g/mol. The Kier molecular flexibility index (Phi) is 3.94. The summed E-state index contributed by atoms with van der Waals surface area (Å²) in [6.07, 6.45) is 5.69. The van der Waals surface area contributed by atoms with Gasteiger partial charge in [-0.1, -0.05) is 0 Å². The number of hydrogen-bond donors (Lipinski definition) is 2. The number of amides is 2. The van der Waals surface area contributed by atoms with Gasteiger partial charge in [-0.05, 0) is 33.1 Å². The fourth-order valence-electron chi connectivity index (χ4n) is 2.61. The smallest absolute Gasteiger partial charge is 0.317 e. The van der Waals surface area contributed by atoms with Crippen LogP contribution in [0.2, 0.25) is 0 Å². The molecule has 0 spiro atoms. The Balaban J connectivity index is 1.71. The first-order valence-corrected chi connectivity index (χ1v) is 7.78. The van der Waals surface area contributed by atoms with Crippen LogP contribution in [0.4, 0.5) is 10.6 Å². The molecule has 0 atom stereocenters. The average Bonchev–Trinajstić information content (AvgIpc) is 3.24. The van der Waals surface area contributed by atoms with Gasteiger partial charge in [-0.2, -0.15) is 0 Å². The summed E-state index contributed by atoms with van der Waals surface area (Å²) in [5.74, 6) is 0.966. The number of aromatic nitrogens is 2. The highest BCUT2D eigenvalue weighted by molar-refractivity contribution is 5.74. The molecule has 1 aliphatic carbocycles. The molecule has 0 unspecified atom stereocenters. The predicted octanol–water partition coefficient (Wildman–Crippen LogP) is 1.57. The van der Waals surface area contributed by atoms with Crippen molar-refractivity contribution in [3.8, 4) is 0 Å². The molecule has 3 rings (SSSR count). The SMILES string of the molecule is CC(C)NC(=O)N1CCc2ncnc(NC3CC3)c2CC1. The highest BCUT2D eigenvalue weighted by Crippen LogP contribution is 2.27. The maximum atomic E-state index is 12.1. The highest BCUT2D eigenvalue weighted by atomic mass is 16.2. The Morgan fingerprint density at radius 3 is 2.76 bits per heavy atom. The van der Waals surface area contributed by atoms with E-state index in [-0.39, 0.29) is 12.1 Å². The van der Waals surface area contributed by atoms with E-state index in [2.05, 4.69) is 20.6 Å². The summed E-state index contributed by atoms with van der Waals surface area (Å²) in [4.78, 5) is 22.8. The van der Waals surface area contributed by atoms with E-state index in [1.807, 2.05) is 18.7 Å². The van der Waals surface area contributed by atoms with Crippen molar-refractivity contribution in [1.29, 1.82) is 0 Å². The maximum absolute atomic E-state index is 12.1. The van der Waals surface area contributed by atoms with Gasteiger partial charge in [0.1, 0.15) is 12.1 Å². The van der Waals surface area contributed by atoms with Gasteiger partial charge >= 0.3 is 6.03 Å². The minimum atomic E-state index is 0.0162. The number of carbonyl (C=O) groups is 1. The molecule has 114 valence electrons. The van der Waals surface area contributed by atoms with E-state index >= 15 is 0 Å². The fourth-order valence-corrected chi connectivity index (χ4v) is 2.61. The summed E-state index contributed by atoms with van der Waals surface area (Å²) in [5, 5.41) is 6.44. The van der Waals surface area contributed by atoms with E-state index in [1.54, 1.807) is 6.33 Å². The molecule has 21 heavy (non-hydrogen) atoms. The summed E-state index contributed by atoms with van der Waals surface area (Å²) in [6, 6.07) is 0.755. The van der Waals surface area contributed by atoms with Crippen LogP contribution in [-0.4, -0.2) is 46.1 Å². The van der Waals surface area contributed by atoms with Crippen LogP contribution in [0.25, 0.3) is 0 Å². The van der Waals surface area contributed by atoms with Gasteiger partial charge in [0.05, 0.1) is 5.69 Å². The van der Waals surface area contributed by atoms with Crippen LogP contribution in [0.15, 0.2) is 6.33 Å².